The molecule has 0 spiro atoms. The van der Waals surface area contributed by atoms with Gasteiger partial charge in [-0.3, -0.25) is 0 Å². The Balaban J connectivity index is 2.34. The third-order valence-corrected chi connectivity index (χ3v) is 5.39. The minimum Gasteiger partial charge on any atom is -0.238 e. The molecule has 0 fully saturated rings. The lowest BCUT2D eigenvalue weighted by molar-refractivity contribution is 0.602. The lowest BCUT2D eigenvalue weighted by Crippen LogP contribution is -2.25. The van der Waals surface area contributed by atoms with Gasteiger partial charge in [0.15, 0.2) is 0 Å². The Hall–Kier alpha value is -2.59. The number of aryl methyl sites for hydroxylation is 1. The number of anilines is 2. The maximum Gasteiger partial charge on any atom is 0.236 e. The zero-order valence-corrected chi connectivity index (χ0v) is 15.4. The molecule has 128 valence electrons. The SMILES string of the molecule is Cc1ccc(N(c2ccccc2)S(C)(=O)=O)c(-c2ccccc2)c1C. The summed E-state index contributed by atoms with van der Waals surface area (Å²) in [4.78, 5) is 0. The summed E-state index contributed by atoms with van der Waals surface area (Å²) in [5.41, 5.74) is 5.45. The first-order valence-electron chi connectivity index (χ1n) is 8.10. The second-order valence-corrected chi connectivity index (χ2v) is 7.96. The molecule has 0 saturated carbocycles. The van der Waals surface area contributed by atoms with Crippen LogP contribution in [0.25, 0.3) is 11.1 Å². The average Bonchev–Trinajstić information content (AvgIpc) is 2.59. The van der Waals surface area contributed by atoms with Crippen LogP contribution in [-0.4, -0.2) is 14.7 Å². The van der Waals surface area contributed by atoms with Gasteiger partial charge in [0.05, 0.1) is 17.6 Å². The first kappa shape index (κ1) is 17.2. The summed E-state index contributed by atoms with van der Waals surface area (Å²) in [5.74, 6) is 0. The first-order valence-corrected chi connectivity index (χ1v) is 9.95. The zero-order chi connectivity index (χ0) is 18.0. The van der Waals surface area contributed by atoms with Gasteiger partial charge in [-0.1, -0.05) is 54.6 Å². The molecule has 0 atom stereocenters. The van der Waals surface area contributed by atoms with E-state index in [4.69, 9.17) is 0 Å². The van der Waals surface area contributed by atoms with Crippen LogP contribution in [0.2, 0.25) is 0 Å². The predicted molar refractivity (Wildman–Crippen MR) is 105 cm³/mol. The molecule has 3 aromatic rings. The van der Waals surface area contributed by atoms with Crippen molar-refractivity contribution in [2.24, 2.45) is 0 Å². The summed E-state index contributed by atoms with van der Waals surface area (Å²) in [6.07, 6.45) is 1.24. The molecule has 0 saturated heterocycles. The standard InChI is InChI=1S/C21H21NO2S/c1-16-14-15-20(21(17(16)2)18-10-6-4-7-11-18)22(25(3,23)24)19-12-8-5-9-13-19/h4-15H,1-3H3. The molecule has 3 aromatic carbocycles. The molecule has 3 rings (SSSR count). The third-order valence-electron chi connectivity index (χ3n) is 4.32. The van der Waals surface area contributed by atoms with Gasteiger partial charge >= 0.3 is 0 Å². The van der Waals surface area contributed by atoms with Gasteiger partial charge in [-0.25, -0.2) is 12.7 Å². The van der Waals surface area contributed by atoms with Crippen molar-refractivity contribution in [3.8, 4) is 11.1 Å². The Morgan fingerprint density at radius 3 is 1.88 bits per heavy atom. The van der Waals surface area contributed by atoms with Gasteiger partial charge in [0, 0.05) is 5.56 Å². The van der Waals surface area contributed by atoms with Crippen molar-refractivity contribution in [1.82, 2.24) is 0 Å². The molecule has 0 unspecified atom stereocenters. The van der Waals surface area contributed by atoms with E-state index in [0.717, 1.165) is 22.3 Å². The molecular formula is C21H21NO2S. The fraction of sp³-hybridized carbons (Fsp3) is 0.143. The maximum absolute atomic E-state index is 12.6. The van der Waals surface area contributed by atoms with Crippen LogP contribution in [0.15, 0.2) is 72.8 Å². The van der Waals surface area contributed by atoms with Crippen molar-refractivity contribution in [1.29, 1.82) is 0 Å². The molecule has 0 aliphatic heterocycles. The van der Waals surface area contributed by atoms with Crippen molar-refractivity contribution < 1.29 is 8.42 Å². The number of hydrogen-bond donors (Lipinski definition) is 0. The van der Waals surface area contributed by atoms with Crippen LogP contribution in [-0.2, 0) is 10.0 Å². The van der Waals surface area contributed by atoms with Crippen LogP contribution in [0.3, 0.4) is 0 Å². The normalized spacial score (nSPS) is 11.3. The molecule has 0 amide bonds. The highest BCUT2D eigenvalue weighted by atomic mass is 32.2. The zero-order valence-electron chi connectivity index (χ0n) is 14.6. The van der Waals surface area contributed by atoms with Gasteiger partial charge in [-0.05, 0) is 48.7 Å². The van der Waals surface area contributed by atoms with E-state index >= 15 is 0 Å². The highest BCUT2D eigenvalue weighted by molar-refractivity contribution is 7.92. The minimum absolute atomic E-state index is 0.630. The van der Waals surface area contributed by atoms with E-state index < -0.39 is 10.0 Å². The molecule has 0 aliphatic carbocycles. The van der Waals surface area contributed by atoms with E-state index in [9.17, 15) is 8.42 Å². The Morgan fingerprint density at radius 1 is 0.760 bits per heavy atom. The van der Waals surface area contributed by atoms with Crippen molar-refractivity contribution in [2.45, 2.75) is 13.8 Å². The predicted octanol–water partition coefficient (Wildman–Crippen LogP) is 5.07. The number of hydrogen-bond acceptors (Lipinski definition) is 2. The molecule has 0 aliphatic rings. The van der Waals surface area contributed by atoms with Gasteiger partial charge < -0.3 is 0 Å². The van der Waals surface area contributed by atoms with Crippen LogP contribution in [0.4, 0.5) is 11.4 Å². The smallest absolute Gasteiger partial charge is 0.236 e. The minimum atomic E-state index is -3.50. The lowest BCUT2D eigenvalue weighted by atomic mass is 9.95. The molecule has 3 nitrogen and oxygen atoms in total. The monoisotopic (exact) mass is 351 g/mol. The Labute approximate surface area is 149 Å². The first-order chi connectivity index (χ1) is 11.9. The third kappa shape index (κ3) is 3.44. The van der Waals surface area contributed by atoms with E-state index in [0.29, 0.717) is 11.4 Å². The molecule has 0 aromatic heterocycles. The van der Waals surface area contributed by atoms with E-state index in [2.05, 4.69) is 0 Å². The quantitative estimate of drug-likeness (QED) is 0.658. The number of nitrogens with zero attached hydrogens (tertiary/aromatic N) is 1. The van der Waals surface area contributed by atoms with E-state index in [1.165, 1.54) is 10.6 Å². The largest absolute Gasteiger partial charge is 0.238 e. The summed E-state index contributed by atoms with van der Waals surface area (Å²) in [7, 11) is -3.50. The van der Waals surface area contributed by atoms with Gasteiger partial charge in [-0.2, -0.15) is 0 Å². The molecule has 25 heavy (non-hydrogen) atoms. The van der Waals surface area contributed by atoms with Crippen LogP contribution < -0.4 is 4.31 Å². The summed E-state index contributed by atoms with van der Waals surface area (Å²) >= 11 is 0. The molecule has 0 bridgehead atoms. The number of sulfonamides is 1. The lowest BCUT2D eigenvalue weighted by Gasteiger charge is -2.27. The van der Waals surface area contributed by atoms with Crippen molar-refractivity contribution in [3.05, 3.63) is 83.9 Å². The molecular weight excluding hydrogens is 330 g/mol. The van der Waals surface area contributed by atoms with E-state index in [1.54, 1.807) is 0 Å². The van der Waals surface area contributed by atoms with E-state index in [-0.39, 0.29) is 0 Å². The Morgan fingerprint density at radius 2 is 1.32 bits per heavy atom. The summed E-state index contributed by atoms with van der Waals surface area (Å²) in [6, 6.07) is 23.0. The van der Waals surface area contributed by atoms with Crippen LogP contribution in [0.5, 0.6) is 0 Å². The second-order valence-electron chi connectivity index (χ2n) is 6.13. The highest BCUT2D eigenvalue weighted by Gasteiger charge is 2.24. The van der Waals surface area contributed by atoms with Gasteiger partial charge in [0.2, 0.25) is 10.0 Å². The van der Waals surface area contributed by atoms with Crippen molar-refractivity contribution >= 4 is 21.4 Å². The topological polar surface area (TPSA) is 37.4 Å². The Kier molecular flexibility index (Phi) is 4.64. The number of rotatable bonds is 4. The molecule has 0 radical (unpaired) electrons. The molecule has 0 heterocycles. The van der Waals surface area contributed by atoms with Crippen LogP contribution in [0.1, 0.15) is 11.1 Å². The fourth-order valence-electron chi connectivity index (χ4n) is 3.01. The van der Waals surface area contributed by atoms with Crippen molar-refractivity contribution in [2.75, 3.05) is 10.6 Å². The van der Waals surface area contributed by atoms with E-state index in [1.807, 2.05) is 86.6 Å². The van der Waals surface area contributed by atoms with Crippen LogP contribution >= 0.6 is 0 Å². The van der Waals surface area contributed by atoms with Gasteiger partial charge in [0.1, 0.15) is 0 Å². The van der Waals surface area contributed by atoms with Crippen molar-refractivity contribution in [3.63, 3.8) is 0 Å². The van der Waals surface area contributed by atoms with Crippen LogP contribution in [0, 0.1) is 13.8 Å². The molecule has 4 heteroatoms. The summed E-state index contributed by atoms with van der Waals surface area (Å²) < 4.78 is 26.7. The van der Waals surface area contributed by atoms with Gasteiger partial charge in [-0.15, -0.1) is 0 Å². The second kappa shape index (κ2) is 6.73. The summed E-state index contributed by atoms with van der Waals surface area (Å²) in [5, 5.41) is 0. The Bertz CT molecular complexity index is 981. The summed E-state index contributed by atoms with van der Waals surface area (Å²) in [6.45, 7) is 4.07. The fourth-order valence-corrected chi connectivity index (χ4v) is 4.03. The number of para-hydroxylation sites is 1. The van der Waals surface area contributed by atoms with Gasteiger partial charge in [0.25, 0.3) is 0 Å². The average molecular weight is 351 g/mol. The maximum atomic E-state index is 12.6. The number of benzene rings is 3. The molecule has 0 N–H and O–H groups in total. The highest BCUT2D eigenvalue weighted by Crippen LogP contribution is 2.40.